The minimum absolute atomic E-state index is 0.0827. The molecule has 1 heterocycles. The lowest BCUT2D eigenvalue weighted by atomic mass is 9.83. The number of hydrogen-bond acceptors (Lipinski definition) is 2. The number of benzene rings is 1. The van der Waals surface area contributed by atoms with Crippen LogP contribution in [0.15, 0.2) is 24.3 Å². The summed E-state index contributed by atoms with van der Waals surface area (Å²) in [6.07, 6.45) is 5.35. The van der Waals surface area contributed by atoms with E-state index in [1.165, 1.54) is 24.0 Å². The van der Waals surface area contributed by atoms with Crippen LogP contribution in [0.3, 0.4) is 0 Å². The molecule has 0 radical (unpaired) electrons. The number of piperidine rings is 1. The summed E-state index contributed by atoms with van der Waals surface area (Å²) in [6, 6.07) is 8.52. The van der Waals surface area contributed by atoms with Gasteiger partial charge in [-0.05, 0) is 50.5 Å². The van der Waals surface area contributed by atoms with Crippen molar-refractivity contribution in [2.75, 3.05) is 19.6 Å². The van der Waals surface area contributed by atoms with E-state index >= 15 is 0 Å². The highest BCUT2D eigenvalue weighted by Crippen LogP contribution is 2.36. The number of likely N-dealkylation sites (tertiary alicyclic amines) is 1. The van der Waals surface area contributed by atoms with E-state index in [2.05, 4.69) is 36.5 Å². The second kappa shape index (κ2) is 6.81. The Kier molecular flexibility index (Phi) is 4.53. The summed E-state index contributed by atoms with van der Waals surface area (Å²) in [5.74, 6) is 1.47. The van der Waals surface area contributed by atoms with Crippen molar-refractivity contribution in [3.63, 3.8) is 0 Å². The van der Waals surface area contributed by atoms with E-state index in [1.54, 1.807) is 0 Å². The molecule has 0 unspecified atom stereocenters. The van der Waals surface area contributed by atoms with Gasteiger partial charge in [0.1, 0.15) is 0 Å². The van der Waals surface area contributed by atoms with Crippen LogP contribution in [0.25, 0.3) is 0 Å². The molecule has 2 saturated carbocycles. The molecular weight excluding hydrogens is 312 g/mol. The molecule has 3 aliphatic rings. The zero-order chi connectivity index (χ0) is 17.4. The normalized spacial score (nSPS) is 26.4. The van der Waals surface area contributed by atoms with E-state index < -0.39 is 0 Å². The SMILES string of the molecule is Cc1cccc([C@@H]2C[C@@H](C(=O)NCC3CC3)CN(C(=O)C3CC3)C2)c1. The van der Waals surface area contributed by atoms with Crippen LogP contribution in [0.5, 0.6) is 0 Å². The number of carbonyl (C=O) groups excluding carboxylic acids is 2. The van der Waals surface area contributed by atoms with E-state index in [9.17, 15) is 9.59 Å². The Hall–Kier alpha value is -1.84. The highest BCUT2D eigenvalue weighted by Gasteiger charge is 2.40. The standard InChI is InChI=1S/C21H28N2O2/c1-14-3-2-4-17(9-14)18-10-19(20(24)22-11-15-5-6-15)13-23(12-18)21(25)16-7-8-16/h2-4,9,15-16,18-19H,5-8,10-13H2,1H3,(H,22,24)/t18-,19-/m1/s1. The highest BCUT2D eigenvalue weighted by atomic mass is 16.2. The predicted molar refractivity (Wildman–Crippen MR) is 97.1 cm³/mol. The minimum atomic E-state index is -0.0827. The van der Waals surface area contributed by atoms with Gasteiger partial charge < -0.3 is 10.2 Å². The molecule has 2 atom stereocenters. The topological polar surface area (TPSA) is 49.4 Å². The monoisotopic (exact) mass is 340 g/mol. The minimum Gasteiger partial charge on any atom is -0.356 e. The van der Waals surface area contributed by atoms with Crippen molar-refractivity contribution < 1.29 is 9.59 Å². The summed E-state index contributed by atoms with van der Waals surface area (Å²) >= 11 is 0. The largest absolute Gasteiger partial charge is 0.356 e. The van der Waals surface area contributed by atoms with Crippen molar-refractivity contribution in [1.29, 1.82) is 0 Å². The first kappa shape index (κ1) is 16.6. The summed E-state index contributed by atoms with van der Waals surface area (Å²) in [4.78, 5) is 27.3. The first-order valence-corrected chi connectivity index (χ1v) is 9.73. The first-order valence-electron chi connectivity index (χ1n) is 9.73. The van der Waals surface area contributed by atoms with Crippen LogP contribution < -0.4 is 5.32 Å². The van der Waals surface area contributed by atoms with Crippen molar-refractivity contribution >= 4 is 11.8 Å². The van der Waals surface area contributed by atoms with Crippen molar-refractivity contribution in [1.82, 2.24) is 10.2 Å². The summed E-state index contributed by atoms with van der Waals surface area (Å²) in [5.41, 5.74) is 2.49. The third-order valence-corrected chi connectivity index (χ3v) is 5.84. The Labute approximate surface area is 150 Å². The van der Waals surface area contributed by atoms with Gasteiger partial charge in [0.2, 0.25) is 11.8 Å². The van der Waals surface area contributed by atoms with E-state index in [-0.39, 0.29) is 29.6 Å². The summed E-state index contributed by atoms with van der Waals surface area (Å²) < 4.78 is 0. The molecule has 1 aromatic rings. The Bertz CT molecular complexity index is 664. The van der Waals surface area contributed by atoms with Gasteiger partial charge in [-0.2, -0.15) is 0 Å². The molecular formula is C21H28N2O2. The van der Waals surface area contributed by atoms with Crippen molar-refractivity contribution in [3.8, 4) is 0 Å². The maximum Gasteiger partial charge on any atom is 0.225 e. The zero-order valence-corrected chi connectivity index (χ0v) is 15.0. The number of nitrogens with one attached hydrogen (secondary N) is 1. The van der Waals surface area contributed by atoms with Gasteiger partial charge in [-0.15, -0.1) is 0 Å². The average Bonchev–Trinajstić information content (AvgIpc) is 3.52. The fraction of sp³-hybridized carbons (Fsp3) is 0.619. The molecule has 2 aliphatic carbocycles. The Morgan fingerprint density at radius 2 is 1.92 bits per heavy atom. The molecule has 1 aliphatic heterocycles. The summed E-state index contributed by atoms with van der Waals surface area (Å²) in [6.45, 7) is 4.25. The zero-order valence-electron chi connectivity index (χ0n) is 15.0. The Morgan fingerprint density at radius 1 is 1.12 bits per heavy atom. The number of carbonyl (C=O) groups is 2. The Balaban J connectivity index is 1.49. The van der Waals surface area contributed by atoms with Gasteiger partial charge in [-0.25, -0.2) is 0 Å². The predicted octanol–water partition coefficient (Wildman–Crippen LogP) is 2.86. The molecule has 134 valence electrons. The molecule has 1 saturated heterocycles. The third-order valence-electron chi connectivity index (χ3n) is 5.84. The van der Waals surface area contributed by atoms with E-state index in [0.717, 1.165) is 32.4 Å². The molecule has 4 heteroatoms. The molecule has 25 heavy (non-hydrogen) atoms. The fourth-order valence-electron chi connectivity index (χ4n) is 3.93. The van der Waals surface area contributed by atoms with E-state index in [1.807, 2.05) is 4.90 Å². The van der Waals surface area contributed by atoms with Crippen molar-refractivity contribution in [3.05, 3.63) is 35.4 Å². The van der Waals surface area contributed by atoms with Gasteiger partial charge >= 0.3 is 0 Å². The lowest BCUT2D eigenvalue weighted by molar-refractivity contribution is -0.137. The van der Waals surface area contributed by atoms with Gasteiger partial charge in [-0.1, -0.05) is 29.8 Å². The second-order valence-electron chi connectivity index (χ2n) is 8.25. The molecule has 4 nitrogen and oxygen atoms in total. The lowest BCUT2D eigenvalue weighted by Gasteiger charge is -2.37. The average molecular weight is 340 g/mol. The van der Waals surface area contributed by atoms with Crippen LogP contribution in [0, 0.1) is 24.7 Å². The molecule has 0 aromatic heterocycles. The summed E-state index contributed by atoms with van der Waals surface area (Å²) in [5, 5.41) is 3.13. The second-order valence-corrected chi connectivity index (χ2v) is 8.25. The molecule has 1 aromatic carbocycles. The number of rotatable bonds is 5. The molecule has 1 N–H and O–H groups in total. The van der Waals surface area contributed by atoms with Crippen molar-refractivity contribution in [2.24, 2.45) is 17.8 Å². The first-order chi connectivity index (χ1) is 12.1. The number of nitrogens with zero attached hydrogens (tertiary/aromatic N) is 1. The van der Waals surface area contributed by atoms with Crippen LogP contribution in [-0.4, -0.2) is 36.3 Å². The maximum atomic E-state index is 12.7. The van der Waals surface area contributed by atoms with Crippen LogP contribution >= 0.6 is 0 Å². The molecule has 2 amide bonds. The van der Waals surface area contributed by atoms with Crippen LogP contribution in [0.4, 0.5) is 0 Å². The number of hydrogen-bond donors (Lipinski definition) is 1. The van der Waals surface area contributed by atoms with Crippen LogP contribution in [-0.2, 0) is 9.59 Å². The molecule has 0 bridgehead atoms. The van der Waals surface area contributed by atoms with Crippen LogP contribution in [0.1, 0.15) is 49.1 Å². The Morgan fingerprint density at radius 3 is 2.60 bits per heavy atom. The molecule has 3 fully saturated rings. The van der Waals surface area contributed by atoms with Gasteiger partial charge in [0.05, 0.1) is 5.92 Å². The maximum absolute atomic E-state index is 12.7. The molecule has 0 spiro atoms. The van der Waals surface area contributed by atoms with Crippen LogP contribution in [0.2, 0.25) is 0 Å². The summed E-state index contributed by atoms with van der Waals surface area (Å²) in [7, 11) is 0. The van der Waals surface area contributed by atoms with E-state index in [4.69, 9.17) is 0 Å². The van der Waals surface area contributed by atoms with Gasteiger partial charge in [0, 0.05) is 31.5 Å². The highest BCUT2D eigenvalue weighted by molar-refractivity contribution is 5.83. The molecule has 4 rings (SSSR count). The number of amides is 2. The van der Waals surface area contributed by atoms with Gasteiger partial charge in [-0.3, -0.25) is 9.59 Å². The smallest absolute Gasteiger partial charge is 0.225 e. The van der Waals surface area contributed by atoms with E-state index in [0.29, 0.717) is 12.5 Å². The lowest BCUT2D eigenvalue weighted by Crippen LogP contribution is -2.48. The van der Waals surface area contributed by atoms with Crippen molar-refractivity contribution in [2.45, 2.75) is 44.9 Å². The quantitative estimate of drug-likeness (QED) is 0.896. The fourth-order valence-corrected chi connectivity index (χ4v) is 3.93. The third kappa shape index (κ3) is 4.05. The number of aryl methyl sites for hydroxylation is 1. The van der Waals surface area contributed by atoms with Gasteiger partial charge in [0.25, 0.3) is 0 Å². The van der Waals surface area contributed by atoms with Gasteiger partial charge in [0.15, 0.2) is 0 Å².